The monoisotopic (exact) mass is 250 g/mol. The van der Waals surface area contributed by atoms with E-state index in [9.17, 15) is 9.59 Å². The molecule has 0 radical (unpaired) electrons. The van der Waals surface area contributed by atoms with Crippen LogP contribution in [0.1, 0.15) is 36.3 Å². The van der Waals surface area contributed by atoms with Gasteiger partial charge in [-0.2, -0.15) is 0 Å². The van der Waals surface area contributed by atoms with Crippen molar-refractivity contribution in [2.24, 2.45) is 0 Å². The molecular formula is C13H15O3P. The van der Waals surface area contributed by atoms with Crippen LogP contribution < -0.4 is 4.52 Å². The quantitative estimate of drug-likeness (QED) is 0.598. The molecule has 1 unspecified atom stereocenters. The molecule has 3 nitrogen and oxygen atoms in total. The molecule has 4 heteroatoms. The Morgan fingerprint density at radius 2 is 1.88 bits per heavy atom. The zero-order valence-electron chi connectivity index (χ0n) is 9.73. The predicted octanol–water partition coefficient (Wildman–Crippen LogP) is 2.57. The molecule has 0 heterocycles. The topological polar surface area (TPSA) is 43.4 Å². The van der Waals surface area contributed by atoms with Gasteiger partial charge in [0.15, 0.2) is 0 Å². The van der Waals surface area contributed by atoms with Crippen LogP contribution in [0.2, 0.25) is 0 Å². The third kappa shape index (κ3) is 2.39. The summed E-state index contributed by atoms with van der Waals surface area (Å²) in [4.78, 5) is 23.8. The molecule has 90 valence electrons. The van der Waals surface area contributed by atoms with Crippen LogP contribution in [0.3, 0.4) is 0 Å². The van der Waals surface area contributed by atoms with Crippen molar-refractivity contribution < 1.29 is 14.1 Å². The highest BCUT2D eigenvalue weighted by molar-refractivity contribution is 7.10. The third-order valence-electron chi connectivity index (χ3n) is 3.19. The Labute approximate surface area is 103 Å². The lowest BCUT2D eigenvalue weighted by Gasteiger charge is -2.21. The van der Waals surface area contributed by atoms with Gasteiger partial charge >= 0.3 is 0 Å². The molecule has 1 aromatic carbocycles. The Hall–Kier alpha value is -1.21. The Kier molecular flexibility index (Phi) is 3.58. The molecule has 0 spiro atoms. The van der Waals surface area contributed by atoms with E-state index in [4.69, 9.17) is 4.52 Å². The molecule has 1 aromatic rings. The van der Waals surface area contributed by atoms with Crippen molar-refractivity contribution in [3.8, 4) is 5.75 Å². The number of Topliss-reactive ketones (excluding diaryl/α,β-unsaturated/α-hetero) is 2. The highest BCUT2D eigenvalue weighted by Crippen LogP contribution is 2.32. The van der Waals surface area contributed by atoms with Gasteiger partial charge in [0.05, 0.1) is 9.47 Å². The van der Waals surface area contributed by atoms with E-state index in [0.29, 0.717) is 25.0 Å². The van der Waals surface area contributed by atoms with E-state index in [-0.39, 0.29) is 11.6 Å². The van der Waals surface area contributed by atoms with Crippen molar-refractivity contribution in [2.75, 3.05) is 0 Å². The second kappa shape index (κ2) is 4.97. The maximum atomic E-state index is 11.9. The van der Waals surface area contributed by atoms with Crippen LogP contribution in [0.15, 0.2) is 18.2 Å². The van der Waals surface area contributed by atoms with Gasteiger partial charge in [0.1, 0.15) is 23.2 Å². The van der Waals surface area contributed by atoms with E-state index in [1.165, 1.54) is 0 Å². The highest BCUT2D eigenvalue weighted by atomic mass is 31.0. The maximum Gasteiger partial charge on any atom is 0.147 e. The van der Waals surface area contributed by atoms with E-state index < -0.39 is 5.92 Å². The number of carbonyl (C=O) groups excluding carboxylic acids is 2. The molecule has 1 saturated carbocycles. The van der Waals surface area contributed by atoms with E-state index >= 15 is 0 Å². The van der Waals surface area contributed by atoms with Crippen molar-refractivity contribution in [1.29, 1.82) is 0 Å². The van der Waals surface area contributed by atoms with E-state index in [1.54, 1.807) is 6.07 Å². The summed E-state index contributed by atoms with van der Waals surface area (Å²) in [6, 6.07) is 5.49. The van der Waals surface area contributed by atoms with Crippen LogP contribution in [0.5, 0.6) is 5.75 Å². The fourth-order valence-electron chi connectivity index (χ4n) is 2.25. The lowest BCUT2D eigenvalue weighted by molar-refractivity contribution is -0.131. The minimum absolute atomic E-state index is 0.0326. The number of ketones is 2. The summed E-state index contributed by atoms with van der Waals surface area (Å²) in [5.41, 5.74) is 1.75. The zero-order chi connectivity index (χ0) is 12.4. The average Bonchev–Trinajstić information content (AvgIpc) is 2.31. The van der Waals surface area contributed by atoms with Crippen molar-refractivity contribution in [3.05, 3.63) is 29.3 Å². The number of hydrogen-bond acceptors (Lipinski definition) is 3. The minimum Gasteiger partial charge on any atom is -0.480 e. The molecule has 0 amide bonds. The highest BCUT2D eigenvalue weighted by Gasteiger charge is 2.32. The van der Waals surface area contributed by atoms with Crippen LogP contribution in [0.4, 0.5) is 0 Å². The molecule has 0 aliphatic heterocycles. The van der Waals surface area contributed by atoms with Gasteiger partial charge in [0.25, 0.3) is 0 Å². The first-order chi connectivity index (χ1) is 8.13. The summed E-state index contributed by atoms with van der Waals surface area (Å²) < 4.78 is 5.07. The zero-order valence-corrected chi connectivity index (χ0v) is 10.9. The van der Waals surface area contributed by atoms with Gasteiger partial charge in [-0.05, 0) is 36.6 Å². The van der Waals surface area contributed by atoms with Crippen LogP contribution >= 0.6 is 9.47 Å². The molecule has 17 heavy (non-hydrogen) atoms. The SMILES string of the molecule is Cc1ccc(OP)cc1C1C(=O)CCCC1=O. The number of benzene rings is 1. The molecule has 0 aromatic heterocycles. The van der Waals surface area contributed by atoms with Crippen LogP contribution in [0, 0.1) is 6.92 Å². The summed E-state index contributed by atoms with van der Waals surface area (Å²) in [6.07, 6.45) is 1.69. The van der Waals surface area contributed by atoms with Crippen molar-refractivity contribution in [3.63, 3.8) is 0 Å². The summed E-state index contributed by atoms with van der Waals surface area (Å²) in [6.45, 7) is 1.91. The molecule has 0 saturated heterocycles. The van der Waals surface area contributed by atoms with Gasteiger partial charge in [0, 0.05) is 12.8 Å². The Balaban J connectivity index is 2.43. The Morgan fingerprint density at radius 3 is 2.47 bits per heavy atom. The van der Waals surface area contributed by atoms with Crippen molar-refractivity contribution in [1.82, 2.24) is 0 Å². The lowest BCUT2D eigenvalue weighted by atomic mass is 9.80. The molecule has 1 aliphatic carbocycles. The summed E-state index contributed by atoms with van der Waals surface area (Å²) in [7, 11) is 2.17. The van der Waals surface area contributed by atoms with Gasteiger partial charge in [-0.1, -0.05) is 6.07 Å². The maximum absolute atomic E-state index is 11.9. The number of aryl methyl sites for hydroxylation is 1. The molecule has 1 fully saturated rings. The summed E-state index contributed by atoms with van der Waals surface area (Å²) >= 11 is 0. The second-order valence-corrected chi connectivity index (χ2v) is 4.59. The van der Waals surface area contributed by atoms with Gasteiger partial charge in [0.2, 0.25) is 0 Å². The Morgan fingerprint density at radius 1 is 1.24 bits per heavy atom. The van der Waals surface area contributed by atoms with Crippen LogP contribution in [-0.2, 0) is 9.59 Å². The number of rotatable bonds is 2. The van der Waals surface area contributed by atoms with Gasteiger partial charge < -0.3 is 4.52 Å². The average molecular weight is 250 g/mol. The third-order valence-corrected chi connectivity index (χ3v) is 3.46. The first kappa shape index (κ1) is 12.3. The van der Waals surface area contributed by atoms with E-state index in [2.05, 4.69) is 9.47 Å². The predicted molar refractivity (Wildman–Crippen MR) is 68.1 cm³/mol. The Bertz CT molecular complexity index is 452. The molecule has 0 N–H and O–H groups in total. The normalized spacial score (nSPS) is 17.3. The van der Waals surface area contributed by atoms with Crippen molar-refractivity contribution >= 4 is 21.0 Å². The van der Waals surface area contributed by atoms with Gasteiger partial charge in [-0.25, -0.2) is 0 Å². The number of carbonyl (C=O) groups is 2. The van der Waals surface area contributed by atoms with E-state index in [0.717, 1.165) is 11.1 Å². The fraction of sp³-hybridized carbons (Fsp3) is 0.385. The minimum atomic E-state index is -0.580. The fourth-order valence-corrected chi connectivity index (χ4v) is 2.40. The molecule has 1 aliphatic rings. The van der Waals surface area contributed by atoms with Gasteiger partial charge in [-0.15, -0.1) is 0 Å². The van der Waals surface area contributed by atoms with Crippen LogP contribution in [0.25, 0.3) is 0 Å². The largest absolute Gasteiger partial charge is 0.480 e. The summed E-state index contributed by atoms with van der Waals surface area (Å²) in [5.74, 6) is 0.140. The lowest BCUT2D eigenvalue weighted by Crippen LogP contribution is -2.27. The first-order valence-electron chi connectivity index (χ1n) is 5.66. The first-order valence-corrected chi connectivity index (χ1v) is 6.13. The molecular weight excluding hydrogens is 235 g/mol. The standard InChI is InChI=1S/C13H15O3P/c1-8-5-6-9(16-17)7-10(8)13-11(14)3-2-4-12(13)15/h5-7,13H,2-4,17H2,1H3. The smallest absolute Gasteiger partial charge is 0.147 e. The van der Waals surface area contributed by atoms with Crippen molar-refractivity contribution in [2.45, 2.75) is 32.1 Å². The van der Waals surface area contributed by atoms with Crippen LogP contribution in [-0.4, -0.2) is 11.6 Å². The molecule has 2 rings (SSSR count). The second-order valence-electron chi connectivity index (χ2n) is 4.36. The number of hydrogen-bond donors (Lipinski definition) is 0. The molecule has 0 bridgehead atoms. The van der Waals surface area contributed by atoms with E-state index in [1.807, 2.05) is 19.1 Å². The molecule has 1 atom stereocenters. The summed E-state index contributed by atoms with van der Waals surface area (Å²) in [5, 5.41) is 0. The van der Waals surface area contributed by atoms with Gasteiger partial charge in [-0.3, -0.25) is 9.59 Å².